The topological polar surface area (TPSA) is 37.4 Å². The molecule has 1 aliphatic rings. The second-order valence-electron chi connectivity index (χ2n) is 5.17. The Morgan fingerprint density at radius 2 is 1.62 bits per heavy atom. The number of alkyl halides is 1. The summed E-state index contributed by atoms with van der Waals surface area (Å²) in [5.74, 6) is -0.705. The van der Waals surface area contributed by atoms with Gasteiger partial charge in [0.1, 0.15) is 0 Å². The smallest absolute Gasteiger partial charge is 0.256 e. The van der Waals surface area contributed by atoms with Crippen LogP contribution < -0.4 is 4.90 Å². The summed E-state index contributed by atoms with van der Waals surface area (Å²) in [6, 6.07) is 16.4. The van der Waals surface area contributed by atoms with Gasteiger partial charge >= 0.3 is 0 Å². The van der Waals surface area contributed by atoms with E-state index in [4.69, 9.17) is 11.6 Å². The molecule has 1 amide bonds. The van der Waals surface area contributed by atoms with Crippen molar-refractivity contribution < 1.29 is 9.59 Å². The third kappa shape index (κ3) is 2.14. The van der Waals surface area contributed by atoms with Crippen LogP contribution in [0.1, 0.15) is 15.9 Å². The number of rotatable bonds is 2. The van der Waals surface area contributed by atoms with Gasteiger partial charge in [-0.2, -0.15) is 0 Å². The Morgan fingerprint density at radius 1 is 1.00 bits per heavy atom. The number of amides is 1. The van der Waals surface area contributed by atoms with E-state index in [0.717, 1.165) is 5.56 Å². The zero-order valence-electron chi connectivity index (χ0n) is 11.5. The number of fused-ring (bicyclic) bond motifs is 1. The lowest BCUT2D eigenvalue weighted by Gasteiger charge is -2.35. The Hall–Kier alpha value is -2.13. The zero-order valence-corrected chi connectivity index (χ0v) is 12.3. The minimum Gasteiger partial charge on any atom is -0.313 e. The molecule has 0 saturated carbocycles. The molecule has 0 unspecified atom stereocenters. The first-order chi connectivity index (χ1) is 10.0. The molecule has 0 spiro atoms. The van der Waals surface area contributed by atoms with Crippen molar-refractivity contribution in [3.8, 4) is 0 Å². The van der Waals surface area contributed by atoms with Gasteiger partial charge in [0.2, 0.25) is 0 Å². The summed E-state index contributed by atoms with van der Waals surface area (Å²) >= 11 is 6.49. The fourth-order valence-corrected chi connectivity index (χ4v) is 3.06. The third-order valence-electron chi connectivity index (χ3n) is 3.80. The van der Waals surface area contributed by atoms with Crippen molar-refractivity contribution in [3.63, 3.8) is 0 Å². The van der Waals surface area contributed by atoms with Crippen molar-refractivity contribution in [3.05, 3.63) is 65.7 Å². The maximum atomic E-state index is 12.7. The molecule has 106 valence electrons. The molecule has 3 nitrogen and oxygen atoms in total. The lowest BCUT2D eigenvalue weighted by molar-refractivity contribution is -0.120. The van der Waals surface area contributed by atoms with Gasteiger partial charge in [-0.1, -0.05) is 54.1 Å². The van der Waals surface area contributed by atoms with Crippen molar-refractivity contribution in [2.45, 2.75) is 11.3 Å². The summed E-state index contributed by atoms with van der Waals surface area (Å²) < 4.78 is 0. The highest BCUT2D eigenvalue weighted by Gasteiger charge is 2.50. The van der Waals surface area contributed by atoms with E-state index < -0.39 is 4.87 Å². The Bertz CT molecular complexity index is 714. The average Bonchev–Trinajstić information content (AvgIpc) is 2.52. The highest BCUT2D eigenvalue weighted by atomic mass is 35.5. The van der Waals surface area contributed by atoms with Crippen molar-refractivity contribution in [1.29, 1.82) is 0 Å². The summed E-state index contributed by atoms with van der Waals surface area (Å²) in [6.07, 6.45) is 0.186. The van der Waals surface area contributed by atoms with Crippen LogP contribution in [0.4, 0.5) is 5.69 Å². The van der Waals surface area contributed by atoms with Crippen LogP contribution in [-0.2, 0) is 11.2 Å². The molecule has 2 aromatic rings. The van der Waals surface area contributed by atoms with Crippen LogP contribution in [0.25, 0.3) is 0 Å². The van der Waals surface area contributed by atoms with Gasteiger partial charge in [0.05, 0.1) is 5.69 Å². The van der Waals surface area contributed by atoms with Gasteiger partial charge in [0, 0.05) is 19.0 Å². The van der Waals surface area contributed by atoms with E-state index in [9.17, 15) is 9.59 Å². The van der Waals surface area contributed by atoms with Crippen LogP contribution in [0.5, 0.6) is 0 Å². The van der Waals surface area contributed by atoms with Gasteiger partial charge in [0.25, 0.3) is 5.91 Å². The van der Waals surface area contributed by atoms with Crippen LogP contribution in [0.15, 0.2) is 54.6 Å². The van der Waals surface area contributed by atoms with E-state index in [2.05, 4.69) is 0 Å². The van der Waals surface area contributed by atoms with E-state index in [1.165, 1.54) is 4.90 Å². The molecule has 1 atom stereocenters. The molecule has 0 saturated heterocycles. The SMILES string of the molecule is CN1C(=O)[C@](Cl)(Cc2ccccc2)C(=O)c2ccccc21. The van der Waals surface area contributed by atoms with Crippen LogP contribution in [-0.4, -0.2) is 23.6 Å². The molecule has 2 aromatic carbocycles. The first-order valence-corrected chi connectivity index (χ1v) is 7.06. The fraction of sp³-hybridized carbons (Fsp3) is 0.176. The number of para-hydroxylation sites is 1. The highest BCUT2D eigenvalue weighted by molar-refractivity contribution is 6.52. The molecule has 0 radical (unpaired) electrons. The quantitative estimate of drug-likeness (QED) is 0.631. The molecule has 0 aliphatic carbocycles. The summed E-state index contributed by atoms with van der Waals surface area (Å²) in [5.41, 5.74) is 1.96. The van der Waals surface area contributed by atoms with Gasteiger partial charge in [-0.15, -0.1) is 0 Å². The molecule has 4 heteroatoms. The monoisotopic (exact) mass is 299 g/mol. The van der Waals surface area contributed by atoms with Crippen molar-refractivity contribution in [2.75, 3.05) is 11.9 Å². The zero-order chi connectivity index (χ0) is 15.0. The predicted octanol–water partition coefficient (Wildman–Crippen LogP) is 3.07. The van der Waals surface area contributed by atoms with E-state index in [1.54, 1.807) is 31.3 Å². The third-order valence-corrected chi connectivity index (χ3v) is 4.27. The van der Waals surface area contributed by atoms with Gasteiger partial charge in [-0.05, 0) is 17.7 Å². The standard InChI is InChI=1S/C17H14ClNO2/c1-19-14-10-6-5-9-13(14)15(20)17(18,16(19)21)11-12-7-3-2-4-8-12/h2-10H,11H2,1H3/t17-/m0/s1. The number of anilines is 1. The van der Waals surface area contributed by atoms with Crippen LogP contribution in [0, 0.1) is 0 Å². The minimum atomic E-state index is -1.57. The molecule has 0 N–H and O–H groups in total. The summed E-state index contributed by atoms with van der Waals surface area (Å²) in [7, 11) is 1.65. The van der Waals surface area contributed by atoms with E-state index >= 15 is 0 Å². The van der Waals surface area contributed by atoms with Crippen molar-refractivity contribution in [2.24, 2.45) is 0 Å². The first-order valence-electron chi connectivity index (χ1n) is 6.69. The Kier molecular flexibility index (Phi) is 3.30. The van der Waals surface area contributed by atoms with E-state index in [1.807, 2.05) is 30.3 Å². The summed E-state index contributed by atoms with van der Waals surface area (Å²) in [5, 5.41) is 0. The Labute approximate surface area is 128 Å². The lowest BCUT2D eigenvalue weighted by Crippen LogP contribution is -2.54. The average molecular weight is 300 g/mol. The number of Topliss-reactive ketones (excluding diaryl/α,β-unsaturated/α-hetero) is 1. The second kappa shape index (κ2) is 5.01. The maximum Gasteiger partial charge on any atom is 0.256 e. The Balaban J connectivity index is 2.07. The molecule has 0 aromatic heterocycles. The number of ketones is 1. The highest BCUT2D eigenvalue weighted by Crippen LogP contribution is 2.37. The van der Waals surface area contributed by atoms with Crippen molar-refractivity contribution in [1.82, 2.24) is 0 Å². The van der Waals surface area contributed by atoms with E-state index in [-0.39, 0.29) is 18.1 Å². The maximum absolute atomic E-state index is 12.7. The van der Waals surface area contributed by atoms with Crippen LogP contribution >= 0.6 is 11.6 Å². The lowest BCUT2D eigenvalue weighted by atomic mass is 9.85. The molecule has 0 fully saturated rings. The van der Waals surface area contributed by atoms with E-state index in [0.29, 0.717) is 11.3 Å². The number of carbonyl (C=O) groups excluding carboxylic acids is 2. The molecule has 1 heterocycles. The van der Waals surface area contributed by atoms with Crippen molar-refractivity contribution >= 4 is 29.0 Å². The van der Waals surface area contributed by atoms with Crippen LogP contribution in [0.3, 0.4) is 0 Å². The number of carbonyl (C=O) groups is 2. The summed E-state index contributed by atoms with van der Waals surface area (Å²) in [6.45, 7) is 0. The molecule has 1 aliphatic heterocycles. The minimum absolute atomic E-state index is 0.186. The largest absolute Gasteiger partial charge is 0.313 e. The predicted molar refractivity (Wildman–Crippen MR) is 82.9 cm³/mol. The number of halogens is 1. The number of hydrogen-bond donors (Lipinski definition) is 0. The molecular weight excluding hydrogens is 286 g/mol. The molecule has 3 rings (SSSR count). The van der Waals surface area contributed by atoms with Gasteiger partial charge in [-0.3, -0.25) is 9.59 Å². The Morgan fingerprint density at radius 3 is 2.33 bits per heavy atom. The first kappa shape index (κ1) is 13.8. The molecule has 21 heavy (non-hydrogen) atoms. The summed E-state index contributed by atoms with van der Waals surface area (Å²) in [4.78, 5) is 25.2. The van der Waals surface area contributed by atoms with Gasteiger partial charge < -0.3 is 4.90 Å². The molecular formula is C17H14ClNO2. The van der Waals surface area contributed by atoms with Gasteiger partial charge in [-0.25, -0.2) is 0 Å². The van der Waals surface area contributed by atoms with Crippen LogP contribution in [0.2, 0.25) is 0 Å². The number of benzene rings is 2. The number of nitrogens with zero attached hydrogens (tertiary/aromatic N) is 1. The van der Waals surface area contributed by atoms with Gasteiger partial charge in [0.15, 0.2) is 10.7 Å². The second-order valence-corrected chi connectivity index (χ2v) is 5.82. The normalized spacial score (nSPS) is 21.3. The fourth-order valence-electron chi connectivity index (χ4n) is 2.68. The molecule has 0 bridgehead atoms. The number of hydrogen-bond acceptors (Lipinski definition) is 2.